The number of ether oxygens (including phenoxy) is 2. The summed E-state index contributed by atoms with van der Waals surface area (Å²) in [6, 6.07) is 12.7. The molecule has 0 radical (unpaired) electrons. The van der Waals surface area contributed by atoms with E-state index < -0.39 is 5.97 Å². The molecule has 2 aromatic carbocycles. The number of rotatable bonds is 7. The lowest BCUT2D eigenvalue weighted by molar-refractivity contribution is 0.0601. The summed E-state index contributed by atoms with van der Waals surface area (Å²) in [5, 5.41) is 3.89. The molecule has 0 amide bonds. The molecule has 1 aromatic heterocycles. The number of nitrogens with one attached hydrogen (secondary N) is 2. The van der Waals surface area contributed by atoms with Gasteiger partial charge in [-0.2, -0.15) is 0 Å². The molecule has 7 nitrogen and oxygen atoms in total. The minimum absolute atomic E-state index is 0.0725. The van der Waals surface area contributed by atoms with Crippen molar-refractivity contribution in [2.45, 2.75) is 26.4 Å². The molecule has 2 N–H and O–H groups in total. The first kappa shape index (κ1) is 20.5. The minimum atomic E-state index is -0.465. The summed E-state index contributed by atoms with van der Waals surface area (Å²) in [6.07, 6.45) is 0. The van der Waals surface area contributed by atoms with Gasteiger partial charge in [0.15, 0.2) is 0 Å². The number of nitrogens with zero attached hydrogens (tertiary/aromatic N) is 1. The van der Waals surface area contributed by atoms with Crippen molar-refractivity contribution in [3.05, 3.63) is 69.8 Å². The Hall–Kier alpha value is -3.19. The maximum Gasteiger partial charge on any atom is 0.337 e. The summed E-state index contributed by atoms with van der Waals surface area (Å²) < 4.78 is 9.97. The highest BCUT2D eigenvalue weighted by atomic mass is 16.5. The third-order valence-electron chi connectivity index (χ3n) is 4.81. The van der Waals surface area contributed by atoms with E-state index in [0.717, 1.165) is 11.3 Å². The maximum atomic E-state index is 12.4. The average Bonchev–Trinajstić information content (AvgIpc) is 2.73. The molecule has 29 heavy (non-hydrogen) atoms. The van der Waals surface area contributed by atoms with Crippen LogP contribution < -0.4 is 15.6 Å². The number of benzene rings is 2. The van der Waals surface area contributed by atoms with E-state index in [1.54, 1.807) is 25.3 Å². The SMILES string of the molecule is COC(=O)c1ccc2c(=O)[nH]c(CNC(c3ccc(OC)cc3)C(C)C)nc2c1. The molecule has 0 aliphatic carbocycles. The molecule has 1 atom stereocenters. The second-order valence-corrected chi connectivity index (χ2v) is 7.11. The molecule has 3 aromatic rings. The van der Waals surface area contributed by atoms with Gasteiger partial charge in [0.2, 0.25) is 0 Å². The van der Waals surface area contributed by atoms with Crippen LogP contribution in [0.15, 0.2) is 47.3 Å². The van der Waals surface area contributed by atoms with Gasteiger partial charge in [-0.15, -0.1) is 0 Å². The Balaban J connectivity index is 1.85. The lowest BCUT2D eigenvalue weighted by Gasteiger charge is -2.23. The van der Waals surface area contributed by atoms with Crippen molar-refractivity contribution in [1.29, 1.82) is 0 Å². The normalized spacial score (nSPS) is 12.2. The first-order chi connectivity index (χ1) is 13.9. The standard InChI is InChI=1S/C22H25N3O4/c1-13(2)20(14-5-8-16(28-3)9-6-14)23-12-19-24-18-11-15(22(27)29-4)7-10-17(18)21(26)25-19/h5-11,13,20,23H,12H2,1-4H3,(H,24,25,26). The number of fused-ring (bicyclic) bond motifs is 1. The van der Waals surface area contributed by atoms with Gasteiger partial charge < -0.3 is 19.8 Å². The number of hydrogen-bond donors (Lipinski definition) is 2. The molecule has 0 fully saturated rings. The topological polar surface area (TPSA) is 93.3 Å². The number of aromatic nitrogens is 2. The highest BCUT2D eigenvalue weighted by molar-refractivity contribution is 5.93. The highest BCUT2D eigenvalue weighted by Crippen LogP contribution is 2.24. The molecule has 7 heteroatoms. The van der Waals surface area contributed by atoms with Gasteiger partial charge in [0.25, 0.3) is 5.56 Å². The first-order valence-corrected chi connectivity index (χ1v) is 9.41. The first-order valence-electron chi connectivity index (χ1n) is 9.41. The zero-order chi connectivity index (χ0) is 21.0. The fraction of sp³-hybridized carbons (Fsp3) is 0.318. The number of H-pyrrole nitrogens is 1. The van der Waals surface area contributed by atoms with E-state index in [1.807, 2.05) is 24.3 Å². The predicted octanol–water partition coefficient (Wildman–Crippen LogP) is 3.21. The highest BCUT2D eigenvalue weighted by Gasteiger charge is 2.16. The Morgan fingerprint density at radius 3 is 2.48 bits per heavy atom. The summed E-state index contributed by atoms with van der Waals surface area (Å²) in [4.78, 5) is 31.5. The van der Waals surface area contributed by atoms with Gasteiger partial charge in [0.1, 0.15) is 11.6 Å². The number of carbonyl (C=O) groups is 1. The van der Waals surface area contributed by atoms with E-state index in [2.05, 4.69) is 29.1 Å². The molecule has 3 rings (SSSR count). The van der Waals surface area contributed by atoms with Gasteiger partial charge in [-0.05, 0) is 41.8 Å². The monoisotopic (exact) mass is 395 g/mol. The fourth-order valence-corrected chi connectivity index (χ4v) is 3.27. The third-order valence-corrected chi connectivity index (χ3v) is 4.81. The Bertz CT molecular complexity index is 1060. The van der Waals surface area contributed by atoms with Crippen molar-refractivity contribution < 1.29 is 14.3 Å². The number of aromatic amines is 1. The number of methoxy groups -OCH3 is 2. The summed E-state index contributed by atoms with van der Waals surface area (Å²) in [6.45, 7) is 4.63. The lowest BCUT2D eigenvalue weighted by Crippen LogP contribution is -2.27. The van der Waals surface area contributed by atoms with Crippen molar-refractivity contribution in [3.63, 3.8) is 0 Å². The summed E-state index contributed by atoms with van der Waals surface area (Å²) >= 11 is 0. The van der Waals surface area contributed by atoms with Crippen molar-refractivity contribution in [2.75, 3.05) is 14.2 Å². The largest absolute Gasteiger partial charge is 0.497 e. The van der Waals surface area contributed by atoms with Crippen molar-refractivity contribution in [2.24, 2.45) is 5.92 Å². The Labute approximate surface area is 169 Å². The van der Waals surface area contributed by atoms with Gasteiger partial charge in [-0.1, -0.05) is 26.0 Å². The Morgan fingerprint density at radius 1 is 1.14 bits per heavy atom. The Kier molecular flexibility index (Phi) is 6.29. The molecular formula is C22H25N3O4. The molecule has 0 saturated carbocycles. The second-order valence-electron chi connectivity index (χ2n) is 7.11. The van der Waals surface area contributed by atoms with E-state index in [1.165, 1.54) is 7.11 Å². The molecule has 1 heterocycles. The van der Waals surface area contributed by atoms with E-state index >= 15 is 0 Å². The van der Waals surface area contributed by atoms with Crippen molar-refractivity contribution in [1.82, 2.24) is 15.3 Å². The summed E-state index contributed by atoms with van der Waals surface area (Å²) in [5.74, 6) is 1.16. The van der Waals surface area contributed by atoms with Crippen LogP contribution in [-0.2, 0) is 11.3 Å². The Morgan fingerprint density at radius 2 is 1.86 bits per heavy atom. The molecular weight excluding hydrogens is 370 g/mol. The van der Waals surface area contributed by atoms with Crippen LogP contribution in [0.25, 0.3) is 10.9 Å². The van der Waals surface area contributed by atoms with Gasteiger partial charge in [0, 0.05) is 6.04 Å². The smallest absolute Gasteiger partial charge is 0.337 e. The quantitative estimate of drug-likeness (QED) is 0.597. The van der Waals surface area contributed by atoms with Gasteiger partial charge >= 0.3 is 5.97 Å². The summed E-state index contributed by atoms with van der Waals surface area (Å²) in [7, 11) is 2.96. The van der Waals surface area contributed by atoms with E-state index in [0.29, 0.717) is 34.8 Å². The molecule has 152 valence electrons. The van der Waals surface area contributed by atoms with Crippen molar-refractivity contribution in [3.8, 4) is 5.75 Å². The van der Waals surface area contributed by atoms with Crippen LogP contribution in [0.3, 0.4) is 0 Å². The molecule has 0 spiro atoms. The average molecular weight is 395 g/mol. The zero-order valence-electron chi connectivity index (χ0n) is 17.0. The van der Waals surface area contributed by atoms with Crippen LogP contribution in [0.5, 0.6) is 5.75 Å². The predicted molar refractivity (Wildman–Crippen MR) is 111 cm³/mol. The van der Waals surface area contributed by atoms with Crippen LogP contribution in [0, 0.1) is 5.92 Å². The van der Waals surface area contributed by atoms with Crippen LogP contribution >= 0.6 is 0 Å². The molecule has 1 unspecified atom stereocenters. The van der Waals surface area contributed by atoms with Crippen LogP contribution in [0.1, 0.15) is 41.6 Å². The number of carbonyl (C=O) groups excluding carboxylic acids is 1. The maximum absolute atomic E-state index is 12.4. The minimum Gasteiger partial charge on any atom is -0.497 e. The number of hydrogen-bond acceptors (Lipinski definition) is 6. The second kappa shape index (κ2) is 8.87. The van der Waals surface area contributed by atoms with E-state index in [9.17, 15) is 9.59 Å². The van der Waals surface area contributed by atoms with E-state index in [-0.39, 0.29) is 11.6 Å². The van der Waals surface area contributed by atoms with Crippen LogP contribution in [0.4, 0.5) is 0 Å². The van der Waals surface area contributed by atoms with Crippen LogP contribution in [0.2, 0.25) is 0 Å². The van der Waals surface area contributed by atoms with E-state index in [4.69, 9.17) is 9.47 Å². The number of esters is 1. The van der Waals surface area contributed by atoms with Gasteiger partial charge in [-0.3, -0.25) is 4.79 Å². The van der Waals surface area contributed by atoms with Gasteiger partial charge in [-0.25, -0.2) is 9.78 Å². The summed E-state index contributed by atoms with van der Waals surface area (Å²) in [5.41, 5.74) is 1.69. The lowest BCUT2D eigenvalue weighted by atomic mass is 9.96. The molecule has 0 bridgehead atoms. The van der Waals surface area contributed by atoms with Gasteiger partial charge in [0.05, 0.1) is 37.2 Å². The van der Waals surface area contributed by atoms with Crippen LogP contribution in [-0.4, -0.2) is 30.2 Å². The third kappa shape index (κ3) is 4.63. The zero-order valence-corrected chi connectivity index (χ0v) is 17.0. The molecule has 0 aliphatic heterocycles. The fourth-order valence-electron chi connectivity index (χ4n) is 3.27. The van der Waals surface area contributed by atoms with Crippen molar-refractivity contribution >= 4 is 16.9 Å². The molecule has 0 saturated heterocycles. The molecule has 0 aliphatic rings.